The monoisotopic (exact) mass is 283 g/mol. The Morgan fingerprint density at radius 1 is 1.00 bits per heavy atom. The maximum Gasteiger partial charge on any atom is 0.161 e. The molecule has 2 aromatic rings. The van der Waals surface area contributed by atoms with Crippen molar-refractivity contribution in [2.75, 3.05) is 19.8 Å². The van der Waals surface area contributed by atoms with Crippen molar-refractivity contribution in [1.82, 2.24) is 5.32 Å². The summed E-state index contributed by atoms with van der Waals surface area (Å²) in [4.78, 5) is 0. The van der Waals surface area contributed by atoms with Crippen LogP contribution in [-0.2, 0) is 6.54 Å². The lowest BCUT2D eigenvalue weighted by Gasteiger charge is -2.19. The Bertz CT molecular complexity index is 583. The van der Waals surface area contributed by atoms with Crippen LogP contribution < -0.4 is 14.8 Å². The first-order valence-corrected chi connectivity index (χ1v) is 7.47. The zero-order chi connectivity index (χ0) is 14.5. The Labute approximate surface area is 125 Å². The molecule has 0 saturated heterocycles. The van der Waals surface area contributed by atoms with E-state index >= 15 is 0 Å². The number of rotatable bonds is 5. The smallest absolute Gasteiger partial charge is 0.161 e. The summed E-state index contributed by atoms with van der Waals surface area (Å²) in [6.45, 7) is 5.31. The van der Waals surface area contributed by atoms with Crippen molar-refractivity contribution >= 4 is 0 Å². The minimum Gasteiger partial charge on any atom is -0.486 e. The molecule has 1 aliphatic rings. The predicted octanol–water partition coefficient (Wildman–Crippen LogP) is 3.35. The van der Waals surface area contributed by atoms with Gasteiger partial charge in [-0.2, -0.15) is 0 Å². The summed E-state index contributed by atoms with van der Waals surface area (Å²) in [6.07, 6.45) is 0. The van der Waals surface area contributed by atoms with Gasteiger partial charge in [0.15, 0.2) is 11.5 Å². The molecule has 21 heavy (non-hydrogen) atoms. The Morgan fingerprint density at radius 2 is 1.76 bits per heavy atom. The van der Waals surface area contributed by atoms with E-state index in [0.717, 1.165) is 24.6 Å². The van der Waals surface area contributed by atoms with Crippen molar-refractivity contribution in [3.05, 3.63) is 59.7 Å². The molecule has 0 radical (unpaired) electrons. The topological polar surface area (TPSA) is 30.5 Å². The van der Waals surface area contributed by atoms with Crippen LogP contribution in [0.25, 0.3) is 0 Å². The molecule has 0 aliphatic carbocycles. The quantitative estimate of drug-likeness (QED) is 0.913. The first kappa shape index (κ1) is 14.0. The van der Waals surface area contributed by atoms with Gasteiger partial charge in [-0.15, -0.1) is 0 Å². The maximum atomic E-state index is 5.61. The van der Waals surface area contributed by atoms with Gasteiger partial charge in [0.1, 0.15) is 13.2 Å². The number of hydrogen-bond acceptors (Lipinski definition) is 3. The van der Waals surface area contributed by atoms with E-state index in [4.69, 9.17) is 9.47 Å². The van der Waals surface area contributed by atoms with E-state index in [1.807, 2.05) is 6.07 Å². The average Bonchev–Trinajstić information content (AvgIpc) is 2.55. The zero-order valence-electron chi connectivity index (χ0n) is 12.3. The van der Waals surface area contributed by atoms with Gasteiger partial charge < -0.3 is 14.8 Å². The summed E-state index contributed by atoms with van der Waals surface area (Å²) in [5.74, 6) is 2.21. The van der Waals surface area contributed by atoms with E-state index in [-0.39, 0.29) is 0 Å². The molecule has 0 saturated carbocycles. The second-order valence-electron chi connectivity index (χ2n) is 5.42. The second kappa shape index (κ2) is 6.64. The highest BCUT2D eigenvalue weighted by atomic mass is 16.6. The molecular weight excluding hydrogens is 262 g/mol. The van der Waals surface area contributed by atoms with Gasteiger partial charge in [0.05, 0.1) is 0 Å². The molecule has 0 spiro atoms. The SMILES string of the molecule is CC(CNCc1ccc2c(c1)OCCO2)c1ccccc1. The van der Waals surface area contributed by atoms with Crippen LogP contribution in [0.4, 0.5) is 0 Å². The van der Waals surface area contributed by atoms with E-state index < -0.39 is 0 Å². The molecule has 1 N–H and O–H groups in total. The number of ether oxygens (including phenoxy) is 2. The van der Waals surface area contributed by atoms with E-state index in [2.05, 4.69) is 54.7 Å². The summed E-state index contributed by atoms with van der Waals surface area (Å²) < 4.78 is 11.1. The lowest BCUT2D eigenvalue weighted by Crippen LogP contribution is -2.20. The fourth-order valence-electron chi connectivity index (χ4n) is 2.53. The highest BCUT2D eigenvalue weighted by Crippen LogP contribution is 2.30. The number of fused-ring (bicyclic) bond motifs is 1. The molecule has 3 heteroatoms. The molecule has 1 aliphatic heterocycles. The van der Waals surface area contributed by atoms with Crippen molar-refractivity contribution in [3.63, 3.8) is 0 Å². The van der Waals surface area contributed by atoms with Gasteiger partial charge in [-0.1, -0.05) is 43.3 Å². The van der Waals surface area contributed by atoms with Crippen LogP contribution in [0.2, 0.25) is 0 Å². The van der Waals surface area contributed by atoms with Crippen molar-refractivity contribution < 1.29 is 9.47 Å². The summed E-state index contributed by atoms with van der Waals surface area (Å²) >= 11 is 0. The Hall–Kier alpha value is -2.00. The third kappa shape index (κ3) is 3.56. The molecule has 1 atom stereocenters. The standard InChI is InChI=1S/C18H21NO2/c1-14(16-5-3-2-4-6-16)12-19-13-15-7-8-17-18(11-15)21-10-9-20-17/h2-8,11,14,19H,9-10,12-13H2,1H3. The van der Waals surface area contributed by atoms with E-state index in [9.17, 15) is 0 Å². The van der Waals surface area contributed by atoms with Crippen LogP contribution >= 0.6 is 0 Å². The molecule has 0 bridgehead atoms. The number of nitrogens with one attached hydrogen (secondary N) is 1. The molecule has 1 heterocycles. The molecule has 1 unspecified atom stereocenters. The fraction of sp³-hybridized carbons (Fsp3) is 0.333. The lowest BCUT2D eigenvalue weighted by atomic mass is 10.0. The predicted molar refractivity (Wildman–Crippen MR) is 84.0 cm³/mol. The second-order valence-corrected chi connectivity index (χ2v) is 5.42. The Balaban J connectivity index is 1.53. The van der Waals surface area contributed by atoms with E-state index in [1.165, 1.54) is 11.1 Å². The Morgan fingerprint density at radius 3 is 2.57 bits per heavy atom. The van der Waals surface area contributed by atoms with Crippen LogP contribution in [0.3, 0.4) is 0 Å². The summed E-state index contributed by atoms with van der Waals surface area (Å²) in [6, 6.07) is 16.7. The lowest BCUT2D eigenvalue weighted by molar-refractivity contribution is 0.171. The fourth-order valence-corrected chi connectivity index (χ4v) is 2.53. The number of benzene rings is 2. The molecule has 2 aromatic carbocycles. The molecule has 0 aromatic heterocycles. The van der Waals surface area contributed by atoms with Crippen LogP contribution in [0.5, 0.6) is 11.5 Å². The van der Waals surface area contributed by atoms with Crippen molar-refractivity contribution in [2.45, 2.75) is 19.4 Å². The van der Waals surface area contributed by atoms with Gasteiger partial charge in [0.25, 0.3) is 0 Å². The summed E-state index contributed by atoms with van der Waals surface area (Å²) in [7, 11) is 0. The van der Waals surface area contributed by atoms with Crippen LogP contribution in [-0.4, -0.2) is 19.8 Å². The van der Waals surface area contributed by atoms with Crippen molar-refractivity contribution in [2.24, 2.45) is 0 Å². The third-order valence-electron chi connectivity index (χ3n) is 3.75. The molecule has 3 nitrogen and oxygen atoms in total. The third-order valence-corrected chi connectivity index (χ3v) is 3.75. The largest absolute Gasteiger partial charge is 0.486 e. The molecule has 110 valence electrons. The first-order chi connectivity index (χ1) is 10.3. The van der Waals surface area contributed by atoms with Crippen molar-refractivity contribution in [1.29, 1.82) is 0 Å². The van der Waals surface area contributed by atoms with Gasteiger partial charge in [-0.05, 0) is 29.2 Å². The number of hydrogen-bond donors (Lipinski definition) is 1. The van der Waals surface area contributed by atoms with Gasteiger partial charge in [-0.25, -0.2) is 0 Å². The van der Waals surface area contributed by atoms with Gasteiger partial charge in [-0.3, -0.25) is 0 Å². The van der Waals surface area contributed by atoms with E-state index in [1.54, 1.807) is 0 Å². The maximum absolute atomic E-state index is 5.61. The van der Waals surface area contributed by atoms with Gasteiger partial charge in [0.2, 0.25) is 0 Å². The minimum atomic E-state index is 0.503. The van der Waals surface area contributed by atoms with Crippen LogP contribution in [0.1, 0.15) is 24.0 Å². The van der Waals surface area contributed by atoms with E-state index in [0.29, 0.717) is 19.1 Å². The van der Waals surface area contributed by atoms with Crippen LogP contribution in [0, 0.1) is 0 Å². The highest BCUT2D eigenvalue weighted by Gasteiger charge is 2.11. The molecule has 0 amide bonds. The first-order valence-electron chi connectivity index (χ1n) is 7.47. The average molecular weight is 283 g/mol. The highest BCUT2D eigenvalue weighted by molar-refractivity contribution is 5.43. The minimum absolute atomic E-state index is 0.503. The summed E-state index contributed by atoms with van der Waals surface area (Å²) in [5, 5.41) is 3.51. The zero-order valence-corrected chi connectivity index (χ0v) is 12.3. The summed E-state index contributed by atoms with van der Waals surface area (Å²) in [5.41, 5.74) is 2.59. The molecular formula is C18H21NO2. The van der Waals surface area contributed by atoms with Crippen molar-refractivity contribution in [3.8, 4) is 11.5 Å². The normalized spacial score (nSPS) is 14.7. The molecule has 3 rings (SSSR count). The Kier molecular flexibility index (Phi) is 4.41. The van der Waals surface area contributed by atoms with Gasteiger partial charge >= 0.3 is 0 Å². The van der Waals surface area contributed by atoms with Gasteiger partial charge in [0, 0.05) is 13.1 Å². The molecule has 0 fully saturated rings. The van der Waals surface area contributed by atoms with Crippen LogP contribution in [0.15, 0.2) is 48.5 Å².